The highest BCUT2D eigenvalue weighted by molar-refractivity contribution is 4.76. The Morgan fingerprint density at radius 2 is 1.18 bits per heavy atom. The molecule has 0 unspecified atom stereocenters. The summed E-state index contributed by atoms with van der Waals surface area (Å²) in [6, 6.07) is 0. The quantitative estimate of drug-likeness (QED) is 0.652. The molecule has 3 nitrogen and oxygen atoms in total. The molecule has 0 atom stereocenters. The fraction of sp³-hybridized carbons (Fsp3) is 0.857. The lowest BCUT2D eigenvalue weighted by molar-refractivity contribution is 0.0968. The Kier molecular flexibility index (Phi) is 10.2. The van der Waals surface area contributed by atoms with Crippen LogP contribution in [0.25, 0.3) is 0 Å². The Bertz CT molecular complexity index is 145. The van der Waals surface area contributed by atoms with Crippen molar-refractivity contribution in [2.45, 2.75) is 44.9 Å². The first-order valence-electron chi connectivity index (χ1n) is 6.92. The smallest absolute Gasteiger partial charge is 0.0876 e. The largest absolute Gasteiger partial charge is 0.502 e. The molecule has 0 N–H and O–H groups in total. The van der Waals surface area contributed by atoms with Crippen molar-refractivity contribution in [3.05, 3.63) is 12.3 Å². The molecule has 0 aromatic rings. The molecule has 0 aromatic heterocycles. The average Bonchev–Trinajstić information content (AvgIpc) is 3.03. The maximum absolute atomic E-state index is 5.07. The van der Waals surface area contributed by atoms with Gasteiger partial charge in [0.2, 0.25) is 0 Å². The molecule has 2 fully saturated rings. The van der Waals surface area contributed by atoms with E-state index in [-0.39, 0.29) is 0 Å². The number of hydrogen-bond acceptors (Lipinski definition) is 3. The number of hydrogen-bond donors (Lipinski definition) is 0. The van der Waals surface area contributed by atoms with Gasteiger partial charge in [0, 0.05) is 26.4 Å². The van der Waals surface area contributed by atoms with Gasteiger partial charge in [0.1, 0.15) is 0 Å². The van der Waals surface area contributed by atoms with Gasteiger partial charge in [-0.2, -0.15) is 0 Å². The maximum Gasteiger partial charge on any atom is 0.0876 e. The van der Waals surface area contributed by atoms with Crippen molar-refractivity contribution in [3.63, 3.8) is 0 Å². The Labute approximate surface area is 105 Å². The third kappa shape index (κ3) is 10.3. The van der Waals surface area contributed by atoms with Crippen molar-refractivity contribution in [1.29, 1.82) is 0 Å². The van der Waals surface area contributed by atoms with E-state index >= 15 is 0 Å². The summed E-state index contributed by atoms with van der Waals surface area (Å²) in [4.78, 5) is 0. The van der Waals surface area contributed by atoms with Crippen LogP contribution in [-0.2, 0) is 14.2 Å². The molecule has 3 aliphatic rings. The van der Waals surface area contributed by atoms with Crippen LogP contribution in [0.5, 0.6) is 0 Å². The predicted molar refractivity (Wildman–Crippen MR) is 69.0 cm³/mol. The lowest BCUT2D eigenvalue weighted by atomic mass is 10.2. The van der Waals surface area contributed by atoms with E-state index in [4.69, 9.17) is 14.2 Å². The van der Waals surface area contributed by atoms with Gasteiger partial charge in [-0.05, 0) is 51.0 Å². The normalized spacial score (nSPS) is 22.6. The van der Waals surface area contributed by atoms with Gasteiger partial charge in [0.15, 0.2) is 0 Å². The number of allylic oxidation sites excluding steroid dienone is 1. The molecule has 0 aliphatic carbocycles. The van der Waals surface area contributed by atoms with E-state index in [2.05, 4.69) is 0 Å². The van der Waals surface area contributed by atoms with Crippen molar-refractivity contribution >= 4 is 0 Å². The zero-order valence-electron chi connectivity index (χ0n) is 10.9. The molecule has 3 aliphatic heterocycles. The topological polar surface area (TPSA) is 27.7 Å². The third-order valence-corrected chi connectivity index (χ3v) is 2.73. The van der Waals surface area contributed by atoms with Gasteiger partial charge in [-0.25, -0.2) is 0 Å². The summed E-state index contributed by atoms with van der Waals surface area (Å²) >= 11 is 0. The second-order valence-electron chi connectivity index (χ2n) is 4.38. The van der Waals surface area contributed by atoms with E-state index in [1.807, 2.05) is 6.08 Å². The molecule has 3 heterocycles. The van der Waals surface area contributed by atoms with Crippen LogP contribution < -0.4 is 0 Å². The van der Waals surface area contributed by atoms with Gasteiger partial charge in [0.25, 0.3) is 0 Å². The summed E-state index contributed by atoms with van der Waals surface area (Å²) in [5.41, 5.74) is 0. The van der Waals surface area contributed by atoms with E-state index in [0.29, 0.717) is 0 Å². The van der Waals surface area contributed by atoms with Crippen molar-refractivity contribution in [2.24, 2.45) is 0 Å². The molecular weight excluding hydrogens is 216 g/mol. The summed E-state index contributed by atoms with van der Waals surface area (Å²) in [5.74, 6) is 0. The SMILES string of the molecule is C1=COCCC1.C1CCOC1.C1CCOCC1. The highest BCUT2D eigenvalue weighted by Gasteiger charge is 1.95. The first-order valence-corrected chi connectivity index (χ1v) is 6.92. The maximum atomic E-state index is 5.07. The fourth-order valence-electron chi connectivity index (χ4n) is 1.69. The summed E-state index contributed by atoms with van der Waals surface area (Å²) in [7, 11) is 0. The van der Waals surface area contributed by atoms with Crippen LogP contribution >= 0.6 is 0 Å². The Morgan fingerprint density at radius 3 is 1.35 bits per heavy atom. The zero-order valence-corrected chi connectivity index (χ0v) is 10.9. The first-order chi connectivity index (χ1) is 8.50. The second-order valence-corrected chi connectivity index (χ2v) is 4.38. The minimum absolute atomic E-state index is 0.913. The Balaban J connectivity index is 0.000000128. The highest BCUT2D eigenvalue weighted by Crippen LogP contribution is 2.02. The molecule has 17 heavy (non-hydrogen) atoms. The minimum atomic E-state index is 0.913. The van der Waals surface area contributed by atoms with E-state index in [0.717, 1.165) is 33.0 Å². The number of ether oxygens (including phenoxy) is 3. The average molecular weight is 242 g/mol. The van der Waals surface area contributed by atoms with Crippen molar-refractivity contribution in [2.75, 3.05) is 33.0 Å². The molecule has 0 aromatic carbocycles. The Morgan fingerprint density at radius 1 is 0.588 bits per heavy atom. The summed E-state index contributed by atoms with van der Waals surface area (Å²) in [5, 5.41) is 0. The van der Waals surface area contributed by atoms with Gasteiger partial charge in [-0.1, -0.05) is 0 Å². The van der Waals surface area contributed by atoms with Crippen LogP contribution in [0, 0.1) is 0 Å². The molecule has 0 saturated carbocycles. The van der Waals surface area contributed by atoms with Crippen LogP contribution in [0.15, 0.2) is 12.3 Å². The summed E-state index contributed by atoms with van der Waals surface area (Å²) in [6.45, 7) is 4.91. The Hall–Kier alpha value is -0.540. The fourth-order valence-corrected chi connectivity index (χ4v) is 1.69. The van der Waals surface area contributed by atoms with E-state index < -0.39 is 0 Å². The number of rotatable bonds is 0. The standard InChI is InChI=1S/C5H10O.C5H8O.C4H8O/c2*1-2-4-6-5-3-1;1-2-4-5-3-1/h1-5H2;2,4H,1,3,5H2;1-4H2. The van der Waals surface area contributed by atoms with Crippen LogP contribution in [0.1, 0.15) is 44.9 Å². The monoisotopic (exact) mass is 242 g/mol. The van der Waals surface area contributed by atoms with E-state index in [9.17, 15) is 0 Å². The molecule has 3 rings (SSSR count). The van der Waals surface area contributed by atoms with Crippen LogP contribution in [0.2, 0.25) is 0 Å². The lowest BCUT2D eigenvalue weighted by Gasteiger charge is -2.08. The van der Waals surface area contributed by atoms with Crippen molar-refractivity contribution in [3.8, 4) is 0 Å². The van der Waals surface area contributed by atoms with E-state index in [1.165, 1.54) is 44.9 Å². The van der Waals surface area contributed by atoms with Crippen molar-refractivity contribution < 1.29 is 14.2 Å². The first kappa shape index (κ1) is 14.5. The van der Waals surface area contributed by atoms with Crippen LogP contribution in [-0.4, -0.2) is 33.0 Å². The molecule has 2 saturated heterocycles. The van der Waals surface area contributed by atoms with Crippen LogP contribution in [0.4, 0.5) is 0 Å². The van der Waals surface area contributed by atoms with Gasteiger partial charge in [-0.3, -0.25) is 0 Å². The third-order valence-electron chi connectivity index (χ3n) is 2.73. The van der Waals surface area contributed by atoms with Gasteiger partial charge >= 0.3 is 0 Å². The van der Waals surface area contributed by atoms with Crippen LogP contribution in [0.3, 0.4) is 0 Å². The molecule has 0 spiro atoms. The second kappa shape index (κ2) is 11.9. The molecule has 0 radical (unpaired) electrons. The predicted octanol–water partition coefficient (Wildman–Crippen LogP) is 3.29. The minimum Gasteiger partial charge on any atom is -0.502 e. The molecular formula is C14H26O3. The van der Waals surface area contributed by atoms with Crippen molar-refractivity contribution in [1.82, 2.24) is 0 Å². The summed E-state index contributed by atoms with van der Waals surface area (Å²) in [6.07, 6.45) is 12.7. The summed E-state index contributed by atoms with van der Waals surface area (Å²) < 4.78 is 14.9. The lowest BCUT2D eigenvalue weighted by Crippen LogP contribution is -2.03. The molecule has 0 bridgehead atoms. The van der Waals surface area contributed by atoms with Gasteiger partial charge in [-0.15, -0.1) is 0 Å². The van der Waals surface area contributed by atoms with E-state index in [1.54, 1.807) is 6.26 Å². The highest BCUT2D eigenvalue weighted by atomic mass is 16.5. The van der Waals surface area contributed by atoms with Gasteiger partial charge in [0.05, 0.1) is 12.9 Å². The molecule has 3 heteroatoms. The molecule has 100 valence electrons. The zero-order chi connectivity index (χ0) is 12.0. The van der Waals surface area contributed by atoms with Gasteiger partial charge < -0.3 is 14.2 Å². The molecule has 0 amide bonds.